The molecule has 7 heterocycles. The first kappa shape index (κ1) is 48.8. The number of aliphatic hydroxyl groups is 5. The largest absolute Gasteiger partial charge is 0.507 e. The second-order valence-corrected chi connectivity index (χ2v) is 28.2. The highest BCUT2D eigenvalue weighted by Crippen LogP contribution is 2.82. The normalized spacial score (nSPS) is 40.3. The quantitative estimate of drug-likeness (QED) is 0.0749. The third-order valence-electron chi connectivity index (χ3n) is 25.3. The highest BCUT2D eigenvalue weighted by molar-refractivity contribution is 6.34. The first-order valence-corrected chi connectivity index (χ1v) is 30.8. The van der Waals surface area contributed by atoms with E-state index in [2.05, 4.69) is 21.4 Å². The molecule has 6 spiro atoms. The lowest BCUT2D eigenvalue weighted by atomic mass is 9.42. The lowest BCUT2D eigenvalue weighted by molar-refractivity contribution is -0.369. The van der Waals surface area contributed by atoms with Crippen molar-refractivity contribution in [3.05, 3.63) is 116 Å². The van der Waals surface area contributed by atoms with Crippen LogP contribution in [0.25, 0.3) is 16.3 Å². The van der Waals surface area contributed by atoms with Gasteiger partial charge in [0.25, 0.3) is 5.79 Å². The van der Waals surface area contributed by atoms with Gasteiger partial charge in [0.1, 0.15) is 29.5 Å². The number of hydrogen-bond acceptors (Lipinski definition) is 13. The van der Waals surface area contributed by atoms with Gasteiger partial charge in [0.05, 0.1) is 40.8 Å². The van der Waals surface area contributed by atoms with Crippen molar-refractivity contribution in [3.63, 3.8) is 0 Å². The second-order valence-electron chi connectivity index (χ2n) is 28.2. The second kappa shape index (κ2) is 15.7. The molecular weight excluding hydrogens is 1020 g/mol. The summed E-state index contributed by atoms with van der Waals surface area (Å²) in [5, 5.41) is 85.0. The Kier molecular flexibility index (Phi) is 9.49. The molecule has 5 aromatic rings. The van der Waals surface area contributed by atoms with E-state index in [0.717, 1.165) is 149 Å². The number of fused-ring (bicyclic) bond motifs is 12. The lowest BCUT2D eigenvalue weighted by Crippen LogP contribution is -2.80. The number of aromatic amines is 2. The van der Waals surface area contributed by atoms with Gasteiger partial charge in [-0.2, -0.15) is 0 Å². The van der Waals surface area contributed by atoms with Crippen LogP contribution >= 0.6 is 0 Å². The number of benzene rings is 2. The summed E-state index contributed by atoms with van der Waals surface area (Å²) in [5.41, 5.74) is 2.79. The molecule has 6 saturated carbocycles. The predicted octanol–water partition coefficient (Wildman–Crippen LogP) is 8.78. The van der Waals surface area contributed by atoms with Gasteiger partial charge in [-0.15, -0.1) is 0 Å². The summed E-state index contributed by atoms with van der Waals surface area (Å²) in [7, 11) is 0. The number of ketones is 2. The van der Waals surface area contributed by atoms with E-state index in [9.17, 15) is 30.6 Å². The molecule has 15 heteroatoms. The Morgan fingerprint density at radius 3 is 2.43 bits per heavy atom. The Labute approximate surface area is 469 Å². The minimum absolute atomic E-state index is 0.00683. The van der Waals surface area contributed by atoms with Gasteiger partial charge in [-0.1, -0.05) is 38.5 Å². The molecule has 420 valence electrons. The molecule has 14 aliphatic rings. The highest BCUT2D eigenvalue weighted by Gasteiger charge is 2.81. The maximum atomic E-state index is 15.5. The van der Waals surface area contributed by atoms with Crippen molar-refractivity contribution in [1.29, 1.82) is 0 Å². The van der Waals surface area contributed by atoms with Gasteiger partial charge >= 0.3 is 0 Å². The van der Waals surface area contributed by atoms with Gasteiger partial charge in [0, 0.05) is 62.7 Å². The Bertz CT molecular complexity index is 3750. The van der Waals surface area contributed by atoms with Crippen molar-refractivity contribution in [2.24, 2.45) is 39.4 Å². The molecule has 81 heavy (non-hydrogen) atoms. The maximum Gasteiger partial charge on any atom is 0.261 e. The lowest BCUT2D eigenvalue weighted by Gasteiger charge is -2.68. The fraction of sp³-hybridized carbons (Fsp3) is 0.576. The van der Waals surface area contributed by atoms with Gasteiger partial charge in [-0.3, -0.25) is 9.59 Å². The van der Waals surface area contributed by atoms with Crippen molar-refractivity contribution in [2.45, 2.75) is 189 Å². The first-order chi connectivity index (χ1) is 39.2. The summed E-state index contributed by atoms with van der Waals surface area (Å²) in [5.74, 6) is -4.09. The van der Waals surface area contributed by atoms with Crippen molar-refractivity contribution in [3.8, 4) is 11.5 Å². The van der Waals surface area contributed by atoms with Crippen LogP contribution in [0.4, 0.5) is 5.82 Å². The number of H-pyrrole nitrogens is 2. The molecule has 8 bridgehead atoms. The zero-order valence-electron chi connectivity index (χ0n) is 45.9. The maximum absolute atomic E-state index is 15.5. The minimum Gasteiger partial charge on any atom is -0.507 e. The molecule has 2 aromatic carbocycles. The number of hydrogen-bond donors (Lipinski definition) is 9. The van der Waals surface area contributed by atoms with E-state index in [-0.39, 0.29) is 68.9 Å². The molecule has 7 fully saturated rings. The van der Waals surface area contributed by atoms with Crippen LogP contribution in [-0.4, -0.2) is 111 Å². The van der Waals surface area contributed by atoms with Crippen LogP contribution in [0.2, 0.25) is 0 Å². The third kappa shape index (κ3) is 5.52. The molecule has 0 radical (unpaired) electrons. The molecular formula is C66H71N5O10. The van der Waals surface area contributed by atoms with Crippen molar-refractivity contribution in [1.82, 2.24) is 19.9 Å². The molecule has 0 unspecified atom stereocenters. The van der Waals surface area contributed by atoms with E-state index in [4.69, 9.17) is 19.4 Å². The monoisotopic (exact) mass is 1090 g/mol. The zero-order chi connectivity index (χ0) is 54.7. The average molecular weight is 1090 g/mol. The molecule has 15 nitrogen and oxygen atoms in total. The van der Waals surface area contributed by atoms with Gasteiger partial charge < -0.3 is 55.4 Å². The molecule has 19 rings (SSSR count). The average Bonchev–Trinajstić information content (AvgIpc) is 1.84. The van der Waals surface area contributed by atoms with Crippen LogP contribution in [0, 0.1) is 46.3 Å². The number of aliphatic hydroxyl groups excluding tert-OH is 5. The number of carbonyl (C=O) groups is 2. The molecule has 10 aliphatic carbocycles. The Morgan fingerprint density at radius 2 is 1.59 bits per heavy atom. The van der Waals surface area contributed by atoms with E-state index >= 15 is 9.59 Å². The molecule has 0 amide bonds. The van der Waals surface area contributed by atoms with E-state index < -0.39 is 69.7 Å². The number of nitrogens with zero attached hydrogens (tertiary/aromatic N) is 2. The molecule has 4 aliphatic heterocycles. The standard InChI is InChI=1S/C66H71N5O10/c1-31-22-36-46(41(72)23-31)53(75)48-42-24-34-33(47(48)52(36)74)13-21-67-58(34)68-28-45(73)65-39-27-61(16-6-7-17-61)43(65)12-10-38-50(65)49-37(51-35(39)25-44(71-51)63-18-3-2-8-32(63)9-11-40-55(63)70-30-69-40)26-64(80-42)56(77)54(76)57(78)66(49,81-64)59(79)62(38)20-19-60(29-62)14-4-5-15-60/h13,21-26,30,32,38-39,43,45,54,56-57,59,71-73,76-79H,2-12,14-20,27-29H2,1H3,(H,67,68)(H,69,70)/t32-,38-,39-,43+,45+,54+,56+,57-,59-,62+,63-,64+,65-,66-/m0/s1. The Hall–Kier alpha value is -5.68. The van der Waals surface area contributed by atoms with E-state index in [1.54, 1.807) is 37.4 Å². The third-order valence-corrected chi connectivity index (χ3v) is 25.3. The predicted molar refractivity (Wildman–Crippen MR) is 297 cm³/mol. The van der Waals surface area contributed by atoms with Crippen LogP contribution in [0.5, 0.6) is 11.5 Å². The summed E-state index contributed by atoms with van der Waals surface area (Å²) < 4.78 is 15.2. The SMILES string of the molecule is Cc1cc(O)c2c(c1)C(=O)c1c(c3cc4c(nccc14)NC[C@@H](O)[C@@]14C5=C6C7=C[C@@]8(O3)O[C@@]6([C@@H](O)[C@H](O)[C@H]8O)[C@@H](O)[C@@]3(CCC6(CCCC6)C3)[C@H]5CC[C@@H]1C1(CCCC1)C[C@H]4c1cc([C@]34CCCC[C@H]3CCc3[nH]cnc34)[nH]c17)C2=O. The number of aromatic nitrogens is 4. The number of phenolic OH excluding ortho intramolecular Hbond substituents is 1. The smallest absolute Gasteiger partial charge is 0.261 e. The van der Waals surface area contributed by atoms with Gasteiger partial charge in [-0.05, 0) is 195 Å². The van der Waals surface area contributed by atoms with E-state index in [1.165, 1.54) is 6.07 Å². The number of phenols is 1. The summed E-state index contributed by atoms with van der Waals surface area (Å²) >= 11 is 0. The minimum atomic E-state index is -2.45. The molecule has 9 N–H and O–H groups in total. The summed E-state index contributed by atoms with van der Waals surface area (Å²) in [4.78, 5) is 48.7. The number of imidazole rings is 1. The number of pyridine rings is 1. The van der Waals surface area contributed by atoms with Crippen LogP contribution in [0.15, 0.2) is 60.1 Å². The number of nitrogens with one attached hydrogen (secondary N) is 3. The van der Waals surface area contributed by atoms with Gasteiger partial charge in [0.15, 0.2) is 17.5 Å². The number of rotatable bonds is 1. The molecule has 1 saturated heterocycles. The van der Waals surface area contributed by atoms with Crippen molar-refractivity contribution >= 4 is 33.7 Å². The summed E-state index contributed by atoms with van der Waals surface area (Å²) in [6.45, 7) is 1.79. The summed E-state index contributed by atoms with van der Waals surface area (Å²) in [6, 6.07) is 8.77. The molecule has 3 aromatic heterocycles. The van der Waals surface area contributed by atoms with Crippen LogP contribution in [-0.2, 0) is 16.6 Å². The van der Waals surface area contributed by atoms with Crippen LogP contribution in [0.1, 0.15) is 194 Å². The van der Waals surface area contributed by atoms with Crippen molar-refractivity contribution in [2.75, 3.05) is 11.9 Å². The Morgan fingerprint density at radius 1 is 0.778 bits per heavy atom. The highest BCUT2D eigenvalue weighted by atomic mass is 16.7. The zero-order valence-corrected chi connectivity index (χ0v) is 45.9. The van der Waals surface area contributed by atoms with Gasteiger partial charge in [-0.25, -0.2) is 9.97 Å². The van der Waals surface area contributed by atoms with Crippen molar-refractivity contribution < 1.29 is 49.7 Å². The first-order valence-electron chi connectivity index (χ1n) is 30.8. The van der Waals surface area contributed by atoms with Gasteiger partial charge in [0.2, 0.25) is 5.78 Å². The molecule has 14 atom stereocenters. The van der Waals surface area contributed by atoms with E-state index in [0.29, 0.717) is 52.1 Å². The fourth-order valence-corrected chi connectivity index (χ4v) is 22.5. The number of aryl methyl sites for hydroxylation is 2. The number of anilines is 1. The number of ether oxygens (including phenoxy) is 2. The topological polar surface area (TPSA) is 243 Å². The Balaban J connectivity index is 0.991. The number of aromatic hydroxyl groups is 1. The fourth-order valence-electron chi connectivity index (χ4n) is 22.5. The van der Waals surface area contributed by atoms with E-state index in [1.807, 2.05) is 6.33 Å². The number of carbonyl (C=O) groups excluding carboxylic acids is 2. The van der Waals surface area contributed by atoms with Crippen LogP contribution < -0.4 is 10.1 Å². The summed E-state index contributed by atoms with van der Waals surface area (Å²) in [6.07, 6.45) is 15.9. The van der Waals surface area contributed by atoms with Crippen LogP contribution in [0.3, 0.4) is 0 Å².